The Bertz CT molecular complexity index is 830. The van der Waals surface area contributed by atoms with E-state index in [1.807, 2.05) is 0 Å². The average Bonchev–Trinajstić information content (AvgIpc) is 3.43. The quantitative estimate of drug-likeness (QED) is 0.823. The Morgan fingerprint density at radius 1 is 1.18 bits per heavy atom. The molecule has 150 valence electrons. The Morgan fingerprint density at radius 3 is 2.68 bits per heavy atom. The van der Waals surface area contributed by atoms with E-state index in [4.69, 9.17) is 0 Å². The van der Waals surface area contributed by atoms with Gasteiger partial charge in [0, 0.05) is 19.2 Å². The molecule has 9 heteroatoms. The first-order valence-electron chi connectivity index (χ1n) is 9.83. The first kappa shape index (κ1) is 18.8. The van der Waals surface area contributed by atoms with E-state index in [0.717, 1.165) is 38.2 Å². The molecule has 0 atom stereocenters. The number of amides is 2. The lowest BCUT2D eigenvalue weighted by Gasteiger charge is -2.32. The van der Waals surface area contributed by atoms with Gasteiger partial charge in [-0.1, -0.05) is 6.07 Å². The summed E-state index contributed by atoms with van der Waals surface area (Å²) in [6.07, 6.45) is 5.37. The predicted octanol–water partition coefficient (Wildman–Crippen LogP) is 2.84. The van der Waals surface area contributed by atoms with E-state index in [1.165, 1.54) is 12.1 Å². The number of halogens is 2. The van der Waals surface area contributed by atoms with Crippen molar-refractivity contribution >= 4 is 6.03 Å². The second kappa shape index (κ2) is 8.20. The number of urea groups is 1. The van der Waals surface area contributed by atoms with E-state index < -0.39 is 11.6 Å². The third-order valence-corrected chi connectivity index (χ3v) is 5.59. The highest BCUT2D eigenvalue weighted by Crippen LogP contribution is 2.34. The highest BCUT2D eigenvalue weighted by atomic mass is 19.1. The molecule has 4 rings (SSSR count). The first-order valence-corrected chi connectivity index (χ1v) is 9.83. The molecular formula is C19H24F2N6O. The zero-order valence-electron chi connectivity index (χ0n) is 15.7. The Kier molecular flexibility index (Phi) is 5.50. The average molecular weight is 390 g/mol. The third-order valence-electron chi connectivity index (χ3n) is 5.59. The zero-order valence-corrected chi connectivity index (χ0v) is 15.7. The van der Waals surface area contributed by atoms with Crippen LogP contribution in [0.15, 0.2) is 18.2 Å². The van der Waals surface area contributed by atoms with Gasteiger partial charge in [0.2, 0.25) is 0 Å². The topological polar surface area (TPSA) is 75.9 Å². The minimum Gasteiger partial charge on any atom is -0.331 e. The van der Waals surface area contributed by atoms with E-state index >= 15 is 0 Å². The minimum atomic E-state index is -0.549. The number of carbonyl (C=O) groups is 1. The predicted molar refractivity (Wildman–Crippen MR) is 97.3 cm³/mol. The van der Waals surface area contributed by atoms with Crippen LogP contribution < -0.4 is 5.32 Å². The van der Waals surface area contributed by atoms with Crippen LogP contribution in [0.4, 0.5) is 13.6 Å². The summed E-state index contributed by atoms with van der Waals surface area (Å²) >= 11 is 0. The van der Waals surface area contributed by atoms with Gasteiger partial charge in [-0.3, -0.25) is 0 Å². The fraction of sp³-hybridized carbons (Fsp3) is 0.579. The summed E-state index contributed by atoms with van der Waals surface area (Å²) in [6, 6.07) is 4.02. The van der Waals surface area contributed by atoms with E-state index in [-0.39, 0.29) is 6.03 Å². The van der Waals surface area contributed by atoms with Crippen LogP contribution in [-0.2, 0) is 13.0 Å². The second-order valence-corrected chi connectivity index (χ2v) is 7.63. The van der Waals surface area contributed by atoms with Crippen LogP contribution in [0.25, 0.3) is 0 Å². The van der Waals surface area contributed by atoms with Crippen LogP contribution in [-0.4, -0.2) is 44.2 Å². The summed E-state index contributed by atoms with van der Waals surface area (Å²) in [6.45, 7) is 1.68. The summed E-state index contributed by atoms with van der Waals surface area (Å²) in [5.74, 6) is 0.0970. The number of nitrogens with zero attached hydrogens (tertiary/aromatic N) is 5. The Labute approximate surface area is 162 Å². The molecule has 0 radical (unpaired) electrons. The fourth-order valence-electron chi connectivity index (χ4n) is 3.71. The number of likely N-dealkylation sites (tertiary alicyclic amines) is 1. The fourth-order valence-corrected chi connectivity index (χ4v) is 3.71. The Hall–Kier alpha value is -2.58. The van der Waals surface area contributed by atoms with Gasteiger partial charge in [0.1, 0.15) is 11.6 Å². The highest BCUT2D eigenvalue weighted by Gasteiger charge is 2.28. The number of aryl methyl sites for hydroxylation is 1. The van der Waals surface area contributed by atoms with Crippen molar-refractivity contribution in [2.75, 3.05) is 13.1 Å². The van der Waals surface area contributed by atoms with Gasteiger partial charge in [0.15, 0.2) is 5.82 Å². The van der Waals surface area contributed by atoms with E-state index in [9.17, 15) is 13.6 Å². The molecule has 1 aromatic carbocycles. The molecule has 1 saturated heterocycles. The van der Waals surface area contributed by atoms with Gasteiger partial charge in [-0.25, -0.2) is 18.3 Å². The van der Waals surface area contributed by atoms with Crippen LogP contribution >= 0.6 is 0 Å². The summed E-state index contributed by atoms with van der Waals surface area (Å²) in [4.78, 5) is 14.2. The van der Waals surface area contributed by atoms with Gasteiger partial charge < -0.3 is 10.2 Å². The molecule has 0 spiro atoms. The van der Waals surface area contributed by atoms with Crippen molar-refractivity contribution in [1.82, 2.24) is 30.4 Å². The van der Waals surface area contributed by atoms with E-state index in [1.54, 1.807) is 9.58 Å². The molecule has 2 heterocycles. The monoisotopic (exact) mass is 390 g/mol. The number of nitrogens with one attached hydrogen (secondary N) is 1. The number of tetrazole rings is 1. The molecule has 0 unspecified atom stereocenters. The molecule has 2 fully saturated rings. The SMILES string of the molecule is O=C(NCc1nnnn1C1CC1)N1CCC(CCc2ccc(F)cc2F)CC1. The number of hydrogen-bond donors (Lipinski definition) is 1. The molecular weight excluding hydrogens is 366 g/mol. The molecule has 2 aliphatic rings. The van der Waals surface area contributed by atoms with Gasteiger partial charge in [-0.15, -0.1) is 5.10 Å². The molecule has 0 bridgehead atoms. The van der Waals surface area contributed by atoms with Crippen molar-refractivity contribution in [1.29, 1.82) is 0 Å². The number of carbonyl (C=O) groups excluding carboxylic acids is 1. The number of hydrogen-bond acceptors (Lipinski definition) is 4. The number of benzene rings is 1. The summed E-state index contributed by atoms with van der Waals surface area (Å²) in [5.41, 5.74) is 0.551. The van der Waals surface area contributed by atoms with Crippen molar-refractivity contribution in [2.24, 2.45) is 5.92 Å². The molecule has 2 aromatic rings. The molecule has 7 nitrogen and oxygen atoms in total. The van der Waals surface area contributed by atoms with Crippen LogP contribution in [0.3, 0.4) is 0 Å². The smallest absolute Gasteiger partial charge is 0.317 e. The van der Waals surface area contributed by atoms with E-state index in [0.29, 0.717) is 49.4 Å². The molecule has 2 amide bonds. The van der Waals surface area contributed by atoms with Crippen molar-refractivity contribution in [2.45, 2.75) is 51.1 Å². The summed E-state index contributed by atoms with van der Waals surface area (Å²) in [7, 11) is 0. The molecule has 1 aromatic heterocycles. The molecule has 1 N–H and O–H groups in total. The largest absolute Gasteiger partial charge is 0.331 e. The Balaban J connectivity index is 1.20. The molecule has 1 saturated carbocycles. The minimum absolute atomic E-state index is 0.103. The lowest BCUT2D eigenvalue weighted by atomic mass is 9.90. The second-order valence-electron chi connectivity index (χ2n) is 7.63. The van der Waals surface area contributed by atoms with E-state index in [2.05, 4.69) is 20.8 Å². The standard InChI is InChI=1S/C19H24F2N6O/c20-15-4-3-14(17(21)11-15)2-1-13-7-9-26(10-8-13)19(28)22-12-18-23-24-25-27(18)16-5-6-16/h3-4,11,13,16H,1-2,5-10,12H2,(H,22,28). The maximum absolute atomic E-state index is 13.7. The zero-order chi connectivity index (χ0) is 19.5. The van der Waals surface area contributed by atoms with Crippen molar-refractivity contribution in [3.63, 3.8) is 0 Å². The lowest BCUT2D eigenvalue weighted by Crippen LogP contribution is -2.44. The first-order chi connectivity index (χ1) is 13.6. The van der Waals surface area contributed by atoms with Crippen LogP contribution in [0, 0.1) is 17.6 Å². The highest BCUT2D eigenvalue weighted by molar-refractivity contribution is 5.74. The van der Waals surface area contributed by atoms with Crippen LogP contribution in [0.5, 0.6) is 0 Å². The maximum atomic E-state index is 13.7. The molecule has 28 heavy (non-hydrogen) atoms. The Morgan fingerprint density at radius 2 is 1.96 bits per heavy atom. The normalized spacial score (nSPS) is 17.7. The van der Waals surface area contributed by atoms with Crippen LogP contribution in [0.2, 0.25) is 0 Å². The van der Waals surface area contributed by atoms with Gasteiger partial charge in [0.05, 0.1) is 12.6 Å². The van der Waals surface area contributed by atoms with Crippen molar-refractivity contribution < 1.29 is 13.6 Å². The van der Waals surface area contributed by atoms with Crippen LogP contribution in [0.1, 0.15) is 49.5 Å². The maximum Gasteiger partial charge on any atom is 0.317 e. The number of aromatic nitrogens is 4. The number of rotatable bonds is 6. The van der Waals surface area contributed by atoms with Gasteiger partial charge in [0.25, 0.3) is 0 Å². The van der Waals surface area contributed by atoms with Gasteiger partial charge in [-0.05, 0) is 66.5 Å². The van der Waals surface area contributed by atoms with Gasteiger partial charge >= 0.3 is 6.03 Å². The van der Waals surface area contributed by atoms with Crippen molar-refractivity contribution in [3.8, 4) is 0 Å². The number of piperidine rings is 1. The summed E-state index contributed by atoms with van der Waals surface area (Å²) in [5, 5.41) is 14.6. The van der Waals surface area contributed by atoms with Gasteiger partial charge in [-0.2, -0.15) is 0 Å². The molecule has 1 aliphatic carbocycles. The molecule has 1 aliphatic heterocycles. The summed E-state index contributed by atoms with van der Waals surface area (Å²) < 4.78 is 28.5. The third kappa shape index (κ3) is 4.45. The van der Waals surface area contributed by atoms with Crippen molar-refractivity contribution in [3.05, 3.63) is 41.2 Å². The lowest BCUT2D eigenvalue weighted by molar-refractivity contribution is 0.167.